The minimum absolute atomic E-state index is 0.164. The lowest BCUT2D eigenvalue weighted by Crippen LogP contribution is -2.35. The van der Waals surface area contributed by atoms with Gasteiger partial charge in [0.05, 0.1) is 12.2 Å². The number of rotatable bonds is 4. The van der Waals surface area contributed by atoms with Gasteiger partial charge in [0.1, 0.15) is 11.4 Å². The van der Waals surface area contributed by atoms with E-state index < -0.39 is 11.8 Å². The molecule has 0 fully saturated rings. The molecule has 0 saturated carbocycles. The van der Waals surface area contributed by atoms with Gasteiger partial charge < -0.3 is 15.2 Å². The van der Waals surface area contributed by atoms with E-state index in [1.165, 1.54) is 0 Å². The van der Waals surface area contributed by atoms with E-state index in [9.17, 15) is 9.59 Å². The number of hydrogen-bond acceptors (Lipinski definition) is 5. The minimum Gasteiger partial charge on any atom is -0.359 e. The molecule has 0 saturated heterocycles. The number of nitrogens with zero attached hydrogens (tertiary/aromatic N) is 2. The summed E-state index contributed by atoms with van der Waals surface area (Å²) in [7, 11) is 0. The topological polar surface area (TPSA) is 97.1 Å². The van der Waals surface area contributed by atoms with Crippen LogP contribution in [0.1, 0.15) is 24.1 Å². The van der Waals surface area contributed by atoms with Gasteiger partial charge in [0.25, 0.3) is 0 Å². The van der Waals surface area contributed by atoms with Crippen molar-refractivity contribution in [2.24, 2.45) is 0 Å². The molecule has 3 aromatic rings. The molecule has 0 radical (unpaired) electrons. The fraction of sp³-hybridized carbons (Fsp3) is 0.222. The average Bonchev–Trinajstić information content (AvgIpc) is 2.99. The van der Waals surface area contributed by atoms with Gasteiger partial charge in [0.15, 0.2) is 5.76 Å². The van der Waals surface area contributed by atoms with Crippen LogP contribution in [-0.4, -0.2) is 22.0 Å². The smallest absolute Gasteiger partial charge is 0.313 e. The quantitative estimate of drug-likeness (QED) is 0.712. The molecular formula is C18H18N4O3. The van der Waals surface area contributed by atoms with Crippen molar-refractivity contribution in [3.8, 4) is 0 Å². The third-order valence-corrected chi connectivity index (χ3v) is 3.87. The van der Waals surface area contributed by atoms with Crippen molar-refractivity contribution in [2.75, 3.05) is 5.32 Å². The van der Waals surface area contributed by atoms with E-state index in [0.717, 1.165) is 10.8 Å². The Labute approximate surface area is 144 Å². The minimum atomic E-state index is -0.763. The van der Waals surface area contributed by atoms with Crippen molar-refractivity contribution in [1.29, 1.82) is 0 Å². The maximum Gasteiger partial charge on any atom is 0.313 e. The zero-order valence-electron chi connectivity index (χ0n) is 14.0. The number of hydrogen-bond donors (Lipinski definition) is 2. The van der Waals surface area contributed by atoms with E-state index in [0.29, 0.717) is 29.3 Å². The molecule has 0 spiro atoms. The van der Waals surface area contributed by atoms with Crippen LogP contribution in [0.5, 0.6) is 0 Å². The standard InChI is InChI=1S/C18H18N4O3/c1-3-15-16(11(2)22-25-15)21-18(24)17(23)20-10-14-13-7-5-4-6-12(13)8-9-19-14/h4-9H,3,10H2,1-2H3,(H,20,23)(H,21,24). The van der Waals surface area contributed by atoms with Crippen molar-refractivity contribution in [3.63, 3.8) is 0 Å². The monoisotopic (exact) mass is 338 g/mol. The lowest BCUT2D eigenvalue weighted by atomic mass is 10.1. The summed E-state index contributed by atoms with van der Waals surface area (Å²) in [6, 6.07) is 9.63. The van der Waals surface area contributed by atoms with Crippen molar-refractivity contribution in [3.05, 3.63) is 53.7 Å². The number of carbonyl (C=O) groups is 2. The first kappa shape index (κ1) is 16.6. The fourth-order valence-corrected chi connectivity index (χ4v) is 2.56. The molecule has 7 nitrogen and oxygen atoms in total. The van der Waals surface area contributed by atoms with E-state index in [1.54, 1.807) is 13.1 Å². The van der Waals surface area contributed by atoms with E-state index in [2.05, 4.69) is 20.8 Å². The largest absolute Gasteiger partial charge is 0.359 e. The molecule has 25 heavy (non-hydrogen) atoms. The third kappa shape index (κ3) is 3.50. The van der Waals surface area contributed by atoms with Crippen LogP contribution in [0.15, 0.2) is 41.1 Å². The van der Waals surface area contributed by atoms with E-state index >= 15 is 0 Å². The highest BCUT2D eigenvalue weighted by Crippen LogP contribution is 2.20. The maximum absolute atomic E-state index is 12.1. The first-order valence-electron chi connectivity index (χ1n) is 7.97. The second-order valence-corrected chi connectivity index (χ2v) is 5.54. The predicted molar refractivity (Wildman–Crippen MR) is 92.8 cm³/mol. The van der Waals surface area contributed by atoms with Gasteiger partial charge in [-0.15, -0.1) is 0 Å². The third-order valence-electron chi connectivity index (χ3n) is 3.87. The van der Waals surface area contributed by atoms with Crippen molar-refractivity contribution in [1.82, 2.24) is 15.5 Å². The van der Waals surface area contributed by atoms with Gasteiger partial charge in [0, 0.05) is 18.0 Å². The molecule has 0 unspecified atom stereocenters. The van der Waals surface area contributed by atoms with Crippen LogP contribution >= 0.6 is 0 Å². The van der Waals surface area contributed by atoms with Gasteiger partial charge in [0.2, 0.25) is 0 Å². The Kier molecular flexibility index (Phi) is 4.74. The van der Waals surface area contributed by atoms with Crippen LogP contribution in [-0.2, 0) is 22.6 Å². The Morgan fingerprint density at radius 1 is 1.16 bits per heavy atom. The van der Waals surface area contributed by atoms with Crippen LogP contribution in [0.2, 0.25) is 0 Å². The molecule has 0 aliphatic rings. The number of carbonyl (C=O) groups excluding carboxylic acids is 2. The van der Waals surface area contributed by atoms with Gasteiger partial charge in [-0.05, 0) is 18.4 Å². The Bertz CT molecular complexity index is 928. The van der Waals surface area contributed by atoms with Crippen LogP contribution in [0.25, 0.3) is 10.8 Å². The summed E-state index contributed by atoms with van der Waals surface area (Å²) >= 11 is 0. The number of amides is 2. The summed E-state index contributed by atoms with van der Waals surface area (Å²) in [4.78, 5) is 28.5. The van der Waals surface area contributed by atoms with Crippen molar-refractivity contribution >= 4 is 28.3 Å². The van der Waals surface area contributed by atoms with Gasteiger partial charge in [-0.2, -0.15) is 0 Å². The summed E-state index contributed by atoms with van der Waals surface area (Å²) in [5.74, 6) is -0.965. The first-order chi connectivity index (χ1) is 12.1. The van der Waals surface area contributed by atoms with Crippen LogP contribution in [0, 0.1) is 6.92 Å². The molecule has 3 rings (SSSR count). The van der Waals surface area contributed by atoms with E-state index in [4.69, 9.17) is 4.52 Å². The van der Waals surface area contributed by atoms with Crippen molar-refractivity contribution < 1.29 is 14.1 Å². The zero-order chi connectivity index (χ0) is 17.8. The number of nitrogens with one attached hydrogen (secondary N) is 2. The summed E-state index contributed by atoms with van der Waals surface area (Å²) in [5, 5.41) is 10.9. The molecule has 2 amide bonds. The lowest BCUT2D eigenvalue weighted by Gasteiger charge is -2.08. The molecule has 7 heteroatoms. The Hall–Kier alpha value is -3.22. The Balaban J connectivity index is 1.67. The molecule has 2 aromatic heterocycles. The summed E-state index contributed by atoms with van der Waals surface area (Å²) in [6.45, 7) is 3.74. The van der Waals surface area contributed by atoms with Crippen LogP contribution in [0.4, 0.5) is 5.69 Å². The summed E-state index contributed by atoms with van der Waals surface area (Å²) < 4.78 is 5.10. The predicted octanol–water partition coefficient (Wildman–Crippen LogP) is 2.35. The SMILES string of the molecule is CCc1onc(C)c1NC(=O)C(=O)NCc1nccc2ccccc12. The van der Waals surface area contributed by atoms with Crippen LogP contribution < -0.4 is 10.6 Å². The lowest BCUT2D eigenvalue weighted by molar-refractivity contribution is -0.136. The second-order valence-electron chi connectivity index (χ2n) is 5.54. The molecule has 0 bridgehead atoms. The highest BCUT2D eigenvalue weighted by atomic mass is 16.5. The van der Waals surface area contributed by atoms with Gasteiger partial charge in [-0.1, -0.05) is 36.3 Å². The summed E-state index contributed by atoms with van der Waals surface area (Å²) in [5.41, 5.74) is 1.69. The Morgan fingerprint density at radius 2 is 1.96 bits per heavy atom. The number of aromatic nitrogens is 2. The molecule has 1 aromatic carbocycles. The van der Waals surface area contributed by atoms with Gasteiger partial charge >= 0.3 is 11.8 Å². The van der Waals surface area contributed by atoms with E-state index in [1.807, 2.05) is 37.3 Å². The number of fused-ring (bicyclic) bond motifs is 1. The van der Waals surface area contributed by atoms with Gasteiger partial charge in [-0.3, -0.25) is 14.6 Å². The Morgan fingerprint density at radius 3 is 2.76 bits per heavy atom. The fourth-order valence-electron chi connectivity index (χ4n) is 2.56. The molecule has 2 N–H and O–H groups in total. The molecule has 2 heterocycles. The number of anilines is 1. The van der Waals surface area contributed by atoms with E-state index in [-0.39, 0.29) is 6.54 Å². The first-order valence-corrected chi connectivity index (χ1v) is 7.97. The van der Waals surface area contributed by atoms with Crippen LogP contribution in [0.3, 0.4) is 0 Å². The van der Waals surface area contributed by atoms with Crippen molar-refractivity contribution in [2.45, 2.75) is 26.8 Å². The molecule has 0 atom stereocenters. The highest BCUT2D eigenvalue weighted by molar-refractivity contribution is 6.39. The molecule has 128 valence electrons. The number of benzene rings is 1. The zero-order valence-corrected chi connectivity index (χ0v) is 14.0. The number of pyridine rings is 1. The normalized spacial score (nSPS) is 10.6. The molecule has 0 aliphatic carbocycles. The summed E-state index contributed by atoms with van der Waals surface area (Å²) in [6.07, 6.45) is 2.25. The second kappa shape index (κ2) is 7.12. The average molecular weight is 338 g/mol. The number of aryl methyl sites for hydroxylation is 2. The molecular weight excluding hydrogens is 320 g/mol. The molecule has 0 aliphatic heterocycles. The maximum atomic E-state index is 12.1. The highest BCUT2D eigenvalue weighted by Gasteiger charge is 2.19. The van der Waals surface area contributed by atoms with Gasteiger partial charge in [-0.25, -0.2) is 0 Å².